The molecule has 4 rings (SSSR count). The average molecular weight is 429 g/mol. The minimum atomic E-state index is -4.60. The van der Waals surface area contributed by atoms with E-state index in [2.05, 4.69) is 20.5 Å². The number of aromatic amines is 1. The highest BCUT2D eigenvalue weighted by Crippen LogP contribution is 2.31. The number of aromatic nitrogens is 4. The molecule has 160 valence electrons. The van der Waals surface area contributed by atoms with Crippen molar-refractivity contribution in [1.82, 2.24) is 19.7 Å². The third-order valence-electron chi connectivity index (χ3n) is 4.87. The molecule has 0 unspecified atom stereocenters. The summed E-state index contributed by atoms with van der Waals surface area (Å²) < 4.78 is 40.3. The summed E-state index contributed by atoms with van der Waals surface area (Å²) in [4.78, 5) is 29.2. The Morgan fingerprint density at radius 2 is 1.97 bits per heavy atom. The Hall–Kier alpha value is -3.69. The second kappa shape index (κ2) is 7.53. The predicted octanol–water partition coefficient (Wildman–Crippen LogP) is 4.10. The zero-order valence-electron chi connectivity index (χ0n) is 16.6. The highest BCUT2D eigenvalue weighted by molar-refractivity contribution is 6.02. The van der Waals surface area contributed by atoms with Crippen LogP contribution in [0.15, 0.2) is 47.5 Å². The van der Waals surface area contributed by atoms with E-state index in [4.69, 9.17) is 0 Å². The van der Waals surface area contributed by atoms with Crippen LogP contribution in [-0.2, 0) is 11.3 Å². The standard InChI is InChI=1S/C21H18F3N5O2/c1-11(2)19(30)27-15-6-4-3-5-13(15)12-7-16-18(25-8-12)17-14(9-26-28-17)20(31)29(16)10-21(22,23)24/h3-9,11H,10H2,1-2H3,(H,26,28)(H,27,30). The van der Waals surface area contributed by atoms with Crippen LogP contribution in [0.2, 0.25) is 0 Å². The van der Waals surface area contributed by atoms with Crippen LogP contribution in [0.5, 0.6) is 0 Å². The molecule has 4 aromatic rings. The molecular formula is C21H18F3N5O2. The van der Waals surface area contributed by atoms with Gasteiger partial charge in [0.15, 0.2) is 0 Å². The molecular weight excluding hydrogens is 411 g/mol. The lowest BCUT2D eigenvalue weighted by Crippen LogP contribution is -2.28. The molecule has 31 heavy (non-hydrogen) atoms. The van der Waals surface area contributed by atoms with Crippen molar-refractivity contribution < 1.29 is 18.0 Å². The predicted molar refractivity (Wildman–Crippen MR) is 111 cm³/mol. The molecule has 0 bridgehead atoms. The summed E-state index contributed by atoms with van der Waals surface area (Å²) in [6.07, 6.45) is -1.92. The van der Waals surface area contributed by atoms with E-state index in [0.717, 1.165) is 0 Å². The van der Waals surface area contributed by atoms with Gasteiger partial charge in [-0.2, -0.15) is 18.3 Å². The Morgan fingerprint density at radius 3 is 2.68 bits per heavy atom. The van der Waals surface area contributed by atoms with Crippen LogP contribution in [0, 0.1) is 5.92 Å². The molecule has 0 aliphatic carbocycles. The van der Waals surface area contributed by atoms with Gasteiger partial charge in [-0.3, -0.25) is 24.2 Å². The summed E-state index contributed by atoms with van der Waals surface area (Å²) >= 11 is 0. The van der Waals surface area contributed by atoms with E-state index in [1.165, 1.54) is 18.5 Å². The van der Waals surface area contributed by atoms with Crippen LogP contribution < -0.4 is 10.9 Å². The number of H-pyrrole nitrogens is 1. The molecule has 1 aromatic carbocycles. The smallest absolute Gasteiger partial charge is 0.325 e. The maximum atomic E-state index is 13.2. The van der Waals surface area contributed by atoms with Crippen molar-refractivity contribution in [2.24, 2.45) is 5.92 Å². The first-order valence-electron chi connectivity index (χ1n) is 9.48. The molecule has 10 heteroatoms. The molecule has 3 heterocycles. The van der Waals surface area contributed by atoms with Gasteiger partial charge in [0, 0.05) is 28.9 Å². The van der Waals surface area contributed by atoms with E-state index in [-0.39, 0.29) is 33.8 Å². The van der Waals surface area contributed by atoms with E-state index in [0.29, 0.717) is 21.4 Å². The SMILES string of the molecule is CC(C)C(=O)Nc1ccccc1-c1cnc2c3[nH]ncc3c(=O)n(CC(F)(F)F)c2c1. The number of nitrogens with zero attached hydrogens (tertiary/aromatic N) is 3. The number of hydrogen-bond acceptors (Lipinski definition) is 4. The molecule has 7 nitrogen and oxygen atoms in total. The van der Waals surface area contributed by atoms with E-state index < -0.39 is 18.3 Å². The molecule has 0 radical (unpaired) electrons. The van der Waals surface area contributed by atoms with Crippen LogP contribution in [-0.4, -0.2) is 31.8 Å². The summed E-state index contributed by atoms with van der Waals surface area (Å²) in [6.45, 7) is 2.04. The Morgan fingerprint density at radius 1 is 1.23 bits per heavy atom. The van der Waals surface area contributed by atoms with E-state index in [1.54, 1.807) is 38.1 Å². The van der Waals surface area contributed by atoms with Crippen molar-refractivity contribution in [1.29, 1.82) is 0 Å². The number of alkyl halides is 3. The molecule has 1 amide bonds. The van der Waals surface area contributed by atoms with Gasteiger partial charge in [-0.05, 0) is 12.1 Å². The molecule has 0 fully saturated rings. The van der Waals surface area contributed by atoms with Gasteiger partial charge in [-0.1, -0.05) is 32.0 Å². The highest BCUT2D eigenvalue weighted by Gasteiger charge is 2.30. The molecule has 0 atom stereocenters. The second-order valence-electron chi connectivity index (χ2n) is 7.45. The number of amides is 1. The Bertz CT molecular complexity index is 1350. The fourth-order valence-corrected chi connectivity index (χ4v) is 3.34. The summed E-state index contributed by atoms with van der Waals surface area (Å²) in [6, 6.07) is 8.36. The number of nitrogens with one attached hydrogen (secondary N) is 2. The molecule has 0 saturated heterocycles. The van der Waals surface area contributed by atoms with Crippen LogP contribution in [0.3, 0.4) is 0 Å². The number of benzene rings is 1. The molecule has 0 aliphatic heterocycles. The summed E-state index contributed by atoms with van der Waals surface area (Å²) in [7, 11) is 0. The van der Waals surface area contributed by atoms with Crippen molar-refractivity contribution >= 4 is 33.5 Å². The summed E-state index contributed by atoms with van der Waals surface area (Å²) in [5.41, 5.74) is 1.20. The zero-order valence-corrected chi connectivity index (χ0v) is 16.6. The van der Waals surface area contributed by atoms with Crippen LogP contribution in [0.4, 0.5) is 18.9 Å². The fraction of sp³-hybridized carbons (Fsp3) is 0.238. The molecule has 0 aliphatic rings. The number of anilines is 1. The number of fused-ring (bicyclic) bond motifs is 3. The van der Waals surface area contributed by atoms with Gasteiger partial charge in [-0.15, -0.1) is 0 Å². The molecule has 3 aromatic heterocycles. The summed E-state index contributed by atoms with van der Waals surface area (Å²) in [5, 5.41) is 9.27. The number of rotatable bonds is 4. The monoisotopic (exact) mass is 429 g/mol. The quantitative estimate of drug-likeness (QED) is 0.511. The second-order valence-corrected chi connectivity index (χ2v) is 7.45. The first kappa shape index (κ1) is 20.6. The zero-order chi connectivity index (χ0) is 22.3. The summed E-state index contributed by atoms with van der Waals surface area (Å²) in [5.74, 6) is -0.456. The maximum Gasteiger partial charge on any atom is 0.406 e. The molecule has 2 N–H and O–H groups in total. The molecule has 0 saturated carbocycles. The van der Waals surface area contributed by atoms with Crippen molar-refractivity contribution in [2.75, 3.05) is 5.32 Å². The topological polar surface area (TPSA) is 92.7 Å². The first-order chi connectivity index (χ1) is 14.7. The Labute approximate surface area is 173 Å². The van der Waals surface area contributed by atoms with Gasteiger partial charge in [-0.25, -0.2) is 0 Å². The first-order valence-corrected chi connectivity index (χ1v) is 9.48. The number of hydrogen-bond donors (Lipinski definition) is 2. The Kier molecular flexibility index (Phi) is 5.00. The van der Waals surface area contributed by atoms with Gasteiger partial charge < -0.3 is 5.32 Å². The van der Waals surface area contributed by atoms with Gasteiger partial charge in [0.1, 0.15) is 12.1 Å². The number of carbonyl (C=O) groups excluding carboxylic acids is 1. The lowest BCUT2D eigenvalue weighted by atomic mass is 10.0. The normalized spacial score (nSPS) is 12.1. The van der Waals surface area contributed by atoms with Gasteiger partial charge in [0.25, 0.3) is 5.56 Å². The third kappa shape index (κ3) is 3.88. The van der Waals surface area contributed by atoms with E-state index in [1.807, 2.05) is 0 Å². The lowest BCUT2D eigenvalue weighted by molar-refractivity contribution is -0.140. The van der Waals surface area contributed by atoms with E-state index >= 15 is 0 Å². The van der Waals surface area contributed by atoms with Gasteiger partial charge in [0.2, 0.25) is 5.91 Å². The Balaban J connectivity index is 1.95. The maximum absolute atomic E-state index is 13.2. The van der Waals surface area contributed by atoms with E-state index in [9.17, 15) is 22.8 Å². The van der Waals surface area contributed by atoms with Crippen LogP contribution >= 0.6 is 0 Å². The van der Waals surface area contributed by atoms with Crippen LogP contribution in [0.1, 0.15) is 13.8 Å². The van der Waals surface area contributed by atoms with Crippen molar-refractivity contribution in [3.8, 4) is 11.1 Å². The van der Waals surface area contributed by atoms with Crippen molar-refractivity contribution in [3.05, 3.63) is 53.1 Å². The van der Waals surface area contributed by atoms with Crippen LogP contribution in [0.25, 0.3) is 33.1 Å². The van der Waals surface area contributed by atoms with Crippen molar-refractivity contribution in [2.45, 2.75) is 26.6 Å². The third-order valence-corrected chi connectivity index (χ3v) is 4.87. The molecule has 0 spiro atoms. The van der Waals surface area contributed by atoms with Crippen molar-refractivity contribution in [3.63, 3.8) is 0 Å². The number of pyridine rings is 2. The average Bonchev–Trinajstić information content (AvgIpc) is 3.20. The number of halogens is 3. The number of para-hydroxylation sites is 1. The fourth-order valence-electron chi connectivity index (χ4n) is 3.34. The lowest BCUT2D eigenvalue weighted by Gasteiger charge is -2.16. The minimum absolute atomic E-state index is 0.0153. The van der Waals surface area contributed by atoms with Gasteiger partial charge >= 0.3 is 6.18 Å². The minimum Gasteiger partial charge on any atom is -0.325 e. The highest BCUT2D eigenvalue weighted by atomic mass is 19.4. The van der Waals surface area contributed by atoms with Gasteiger partial charge in [0.05, 0.1) is 22.6 Å². The largest absolute Gasteiger partial charge is 0.406 e. The number of carbonyl (C=O) groups is 1.